The summed E-state index contributed by atoms with van der Waals surface area (Å²) in [5.41, 5.74) is 2.26. The van der Waals surface area contributed by atoms with Gasteiger partial charge < -0.3 is 10.1 Å². The molecular weight excluding hydrogens is 424 g/mol. The molecule has 1 aliphatic rings. The zero-order valence-electron chi connectivity index (χ0n) is 17.8. The van der Waals surface area contributed by atoms with Crippen LogP contribution < -0.4 is 14.4 Å². The van der Waals surface area contributed by atoms with Crippen LogP contribution in [-0.4, -0.2) is 33.5 Å². The van der Waals surface area contributed by atoms with Crippen LogP contribution in [-0.2, 0) is 20.6 Å². The Hall–Kier alpha value is -3.32. The van der Waals surface area contributed by atoms with E-state index in [1.54, 1.807) is 36.4 Å². The molecule has 1 N–H and O–H groups in total. The number of sulfonamides is 1. The van der Waals surface area contributed by atoms with Crippen LogP contribution in [0.3, 0.4) is 0 Å². The fourth-order valence-corrected chi connectivity index (χ4v) is 5.31. The molecule has 1 aliphatic heterocycles. The van der Waals surface area contributed by atoms with E-state index in [2.05, 4.69) is 5.32 Å². The largest absolute Gasteiger partial charge is 0.476 e. The summed E-state index contributed by atoms with van der Waals surface area (Å²) in [5, 5.41) is 2.92. The lowest BCUT2D eigenvalue weighted by molar-refractivity contribution is -0.127. The molecule has 0 unspecified atom stereocenters. The van der Waals surface area contributed by atoms with E-state index in [1.165, 1.54) is 4.31 Å². The minimum atomic E-state index is -3.72. The van der Waals surface area contributed by atoms with Crippen LogP contribution in [0.4, 0.5) is 5.69 Å². The normalized spacial score (nSPS) is 16.5. The first-order valence-electron chi connectivity index (χ1n) is 10.6. The van der Waals surface area contributed by atoms with Crippen LogP contribution in [0.5, 0.6) is 5.75 Å². The Labute approximate surface area is 188 Å². The molecule has 32 heavy (non-hydrogen) atoms. The van der Waals surface area contributed by atoms with Gasteiger partial charge in [0.2, 0.25) is 10.0 Å². The Kier molecular flexibility index (Phi) is 6.46. The summed E-state index contributed by atoms with van der Waals surface area (Å²) in [5.74, 6) is 0.0180. The monoisotopic (exact) mass is 450 g/mol. The summed E-state index contributed by atoms with van der Waals surface area (Å²) in [6.45, 7) is 2.39. The Morgan fingerprint density at radius 3 is 2.34 bits per heavy atom. The molecule has 0 spiro atoms. The third kappa shape index (κ3) is 4.94. The number of amides is 1. The molecule has 7 heteroatoms. The molecule has 0 aromatic heterocycles. The van der Waals surface area contributed by atoms with E-state index in [9.17, 15) is 13.2 Å². The number of hydrogen-bond donors (Lipinski definition) is 1. The van der Waals surface area contributed by atoms with E-state index in [1.807, 2.05) is 55.5 Å². The maximum Gasteiger partial charge on any atom is 0.263 e. The first-order valence-corrected chi connectivity index (χ1v) is 12.2. The van der Waals surface area contributed by atoms with Crippen molar-refractivity contribution < 1.29 is 17.9 Å². The Balaban J connectivity index is 1.51. The fourth-order valence-electron chi connectivity index (χ4n) is 3.73. The maximum atomic E-state index is 13.3. The number of nitrogens with one attached hydrogen (secondary N) is 1. The van der Waals surface area contributed by atoms with Gasteiger partial charge in [-0.05, 0) is 29.2 Å². The first kappa shape index (κ1) is 21.9. The Morgan fingerprint density at radius 2 is 1.62 bits per heavy atom. The smallest absolute Gasteiger partial charge is 0.263 e. The predicted octanol–water partition coefficient (Wildman–Crippen LogP) is 3.70. The number of ether oxygens (including phenoxy) is 1. The summed E-state index contributed by atoms with van der Waals surface area (Å²) in [6.07, 6.45) is -0.932. The number of para-hydroxylation sites is 2. The first-order chi connectivity index (χ1) is 15.4. The summed E-state index contributed by atoms with van der Waals surface area (Å²) in [6, 6.07) is 25.8. The van der Waals surface area contributed by atoms with Gasteiger partial charge in [-0.2, -0.15) is 0 Å². The van der Waals surface area contributed by atoms with Crippen molar-refractivity contribution in [1.82, 2.24) is 5.32 Å². The van der Waals surface area contributed by atoms with Gasteiger partial charge in [-0.3, -0.25) is 9.10 Å². The predicted molar refractivity (Wildman–Crippen MR) is 125 cm³/mol. The lowest BCUT2D eigenvalue weighted by Crippen LogP contribution is -2.51. The quantitative estimate of drug-likeness (QED) is 0.596. The second-order valence-corrected chi connectivity index (χ2v) is 9.80. The Bertz CT molecular complexity index is 1170. The van der Waals surface area contributed by atoms with Crippen LogP contribution in [0.2, 0.25) is 0 Å². The number of rotatable bonds is 7. The van der Waals surface area contributed by atoms with Crippen LogP contribution in [0.25, 0.3) is 0 Å². The van der Waals surface area contributed by atoms with E-state index in [0.717, 1.165) is 5.56 Å². The molecular formula is C25H26N2O4S. The van der Waals surface area contributed by atoms with Gasteiger partial charge >= 0.3 is 0 Å². The molecule has 0 radical (unpaired) electrons. The van der Waals surface area contributed by atoms with Crippen molar-refractivity contribution in [2.24, 2.45) is 0 Å². The van der Waals surface area contributed by atoms with Gasteiger partial charge in [0.1, 0.15) is 5.75 Å². The average Bonchev–Trinajstić information content (AvgIpc) is 2.82. The minimum absolute atomic E-state index is 0.0717. The number of fused-ring (bicyclic) bond motifs is 1. The van der Waals surface area contributed by atoms with Crippen molar-refractivity contribution in [1.29, 1.82) is 0 Å². The molecule has 6 nitrogen and oxygen atoms in total. The number of carbonyl (C=O) groups excluding carboxylic acids is 1. The molecule has 0 saturated heterocycles. The van der Waals surface area contributed by atoms with Gasteiger partial charge in [0.25, 0.3) is 5.91 Å². The second-order valence-electron chi connectivity index (χ2n) is 7.90. The van der Waals surface area contributed by atoms with Gasteiger partial charge in [-0.1, -0.05) is 79.7 Å². The topological polar surface area (TPSA) is 75.7 Å². The third-order valence-electron chi connectivity index (χ3n) is 5.51. The van der Waals surface area contributed by atoms with Crippen molar-refractivity contribution in [3.05, 3.63) is 96.1 Å². The van der Waals surface area contributed by atoms with Gasteiger partial charge in [0.05, 0.1) is 18.0 Å². The van der Waals surface area contributed by atoms with Crippen LogP contribution in [0.1, 0.15) is 24.0 Å². The van der Waals surface area contributed by atoms with E-state index in [-0.39, 0.29) is 24.1 Å². The van der Waals surface area contributed by atoms with Crippen LogP contribution >= 0.6 is 0 Å². The highest BCUT2D eigenvalue weighted by Gasteiger charge is 2.36. The second kappa shape index (κ2) is 9.44. The van der Waals surface area contributed by atoms with Crippen molar-refractivity contribution in [3.63, 3.8) is 0 Å². The SMILES string of the molecule is C[C@@H](CNC(=O)[C@@H]1CN(S(=O)(=O)Cc2ccccc2)c2ccccc2O1)c1ccccc1. The Morgan fingerprint density at radius 1 is 1.00 bits per heavy atom. The molecule has 166 valence electrons. The molecule has 4 rings (SSSR count). The molecule has 2 atom stereocenters. The highest BCUT2D eigenvalue weighted by molar-refractivity contribution is 7.92. The summed E-state index contributed by atoms with van der Waals surface area (Å²) >= 11 is 0. The number of hydrogen-bond acceptors (Lipinski definition) is 4. The lowest BCUT2D eigenvalue weighted by Gasteiger charge is -2.35. The standard InChI is InChI=1S/C25H26N2O4S/c1-19(21-12-6-3-7-13-21)16-26-25(28)24-17-27(22-14-8-9-15-23(22)31-24)32(29,30)18-20-10-4-2-5-11-20/h2-15,19,24H,16-18H2,1H3,(H,26,28)/t19-,24-/m0/s1. The molecule has 0 bridgehead atoms. The molecule has 0 fully saturated rings. The molecule has 3 aromatic rings. The zero-order chi connectivity index (χ0) is 22.6. The van der Waals surface area contributed by atoms with Crippen molar-refractivity contribution in [3.8, 4) is 5.75 Å². The van der Waals surface area contributed by atoms with Gasteiger partial charge in [-0.15, -0.1) is 0 Å². The molecule has 1 heterocycles. The number of anilines is 1. The van der Waals surface area contributed by atoms with E-state index in [4.69, 9.17) is 4.74 Å². The molecule has 3 aromatic carbocycles. The highest BCUT2D eigenvalue weighted by Crippen LogP contribution is 2.35. The zero-order valence-corrected chi connectivity index (χ0v) is 18.7. The third-order valence-corrected chi connectivity index (χ3v) is 7.22. The van der Waals surface area contributed by atoms with Crippen molar-refractivity contribution >= 4 is 21.6 Å². The molecule has 0 saturated carbocycles. The van der Waals surface area contributed by atoms with Gasteiger partial charge in [0, 0.05) is 6.54 Å². The van der Waals surface area contributed by atoms with Crippen LogP contribution in [0.15, 0.2) is 84.9 Å². The maximum absolute atomic E-state index is 13.3. The molecule has 0 aliphatic carbocycles. The minimum Gasteiger partial charge on any atom is -0.476 e. The number of nitrogens with zero attached hydrogens (tertiary/aromatic N) is 1. The van der Waals surface area contributed by atoms with Crippen LogP contribution in [0, 0.1) is 0 Å². The highest BCUT2D eigenvalue weighted by atomic mass is 32.2. The number of carbonyl (C=O) groups is 1. The van der Waals surface area contributed by atoms with Crippen molar-refractivity contribution in [2.45, 2.75) is 24.7 Å². The number of benzene rings is 3. The van der Waals surface area contributed by atoms with E-state index < -0.39 is 16.1 Å². The van der Waals surface area contributed by atoms with Gasteiger partial charge in [0.15, 0.2) is 6.10 Å². The average molecular weight is 451 g/mol. The van der Waals surface area contributed by atoms with Gasteiger partial charge in [-0.25, -0.2) is 8.42 Å². The van der Waals surface area contributed by atoms with Crippen molar-refractivity contribution in [2.75, 3.05) is 17.4 Å². The van der Waals surface area contributed by atoms with E-state index in [0.29, 0.717) is 23.5 Å². The summed E-state index contributed by atoms with van der Waals surface area (Å²) < 4.78 is 33.7. The summed E-state index contributed by atoms with van der Waals surface area (Å²) in [4.78, 5) is 12.9. The fraction of sp³-hybridized carbons (Fsp3) is 0.240. The lowest BCUT2D eigenvalue weighted by atomic mass is 10.0. The summed E-state index contributed by atoms with van der Waals surface area (Å²) in [7, 11) is -3.72. The van der Waals surface area contributed by atoms with E-state index >= 15 is 0 Å². The molecule has 1 amide bonds.